The zero-order chi connectivity index (χ0) is 21.7. The summed E-state index contributed by atoms with van der Waals surface area (Å²) in [4.78, 5) is 15.9. The Labute approximate surface area is 180 Å². The number of aryl methyl sites for hydroxylation is 1. The van der Waals surface area contributed by atoms with Crippen molar-refractivity contribution in [1.29, 1.82) is 0 Å². The molecule has 1 N–H and O–H groups in total. The van der Waals surface area contributed by atoms with E-state index >= 15 is 0 Å². The summed E-state index contributed by atoms with van der Waals surface area (Å²) in [6.45, 7) is 2.37. The highest BCUT2D eigenvalue weighted by Crippen LogP contribution is 2.45. The number of carbonyl (C=O) groups is 1. The number of aromatic nitrogens is 2. The maximum Gasteiger partial charge on any atom is 0.304 e. The van der Waals surface area contributed by atoms with E-state index in [-0.39, 0.29) is 11.4 Å². The molecule has 4 rings (SSSR count). The van der Waals surface area contributed by atoms with Gasteiger partial charge in [0.2, 0.25) is 0 Å². The topological polar surface area (TPSA) is 89.3 Å². The molecule has 0 saturated carbocycles. The van der Waals surface area contributed by atoms with Gasteiger partial charge in [-0.2, -0.15) is 0 Å². The number of carboxylic acids is 1. The Morgan fingerprint density at radius 1 is 1.27 bits per heavy atom. The third-order valence-electron chi connectivity index (χ3n) is 5.92. The smallest absolute Gasteiger partial charge is 0.304 e. The van der Waals surface area contributed by atoms with Crippen molar-refractivity contribution in [2.24, 2.45) is 0 Å². The molecule has 0 radical (unpaired) electrons. The largest absolute Gasteiger partial charge is 0.481 e. The lowest BCUT2D eigenvalue weighted by Crippen LogP contribution is -2.33. The van der Waals surface area contributed by atoms with E-state index in [4.69, 9.17) is 11.6 Å². The Hall–Kier alpha value is -2.38. The van der Waals surface area contributed by atoms with Gasteiger partial charge in [0.25, 0.3) is 0 Å². The molecule has 2 heterocycles. The minimum absolute atomic E-state index is 0.0153. The van der Waals surface area contributed by atoms with Crippen molar-refractivity contribution in [2.45, 2.75) is 49.6 Å². The van der Waals surface area contributed by atoms with Crippen LogP contribution in [0.5, 0.6) is 0 Å². The van der Waals surface area contributed by atoms with Gasteiger partial charge in [-0.3, -0.25) is 4.79 Å². The van der Waals surface area contributed by atoms with Crippen LogP contribution in [0.25, 0.3) is 10.9 Å². The van der Waals surface area contributed by atoms with Gasteiger partial charge in [-0.15, -0.1) is 0 Å². The Bertz CT molecular complexity index is 1250. The lowest BCUT2D eigenvalue weighted by molar-refractivity contribution is -0.138. The van der Waals surface area contributed by atoms with E-state index in [1.54, 1.807) is 12.1 Å². The fourth-order valence-electron chi connectivity index (χ4n) is 4.77. The van der Waals surface area contributed by atoms with Gasteiger partial charge >= 0.3 is 5.97 Å². The molecule has 1 unspecified atom stereocenters. The second-order valence-electron chi connectivity index (χ2n) is 8.31. The van der Waals surface area contributed by atoms with Gasteiger partial charge in [0.05, 0.1) is 11.9 Å². The highest BCUT2D eigenvalue weighted by atomic mass is 35.5. The molecule has 6 nitrogen and oxygen atoms in total. The summed E-state index contributed by atoms with van der Waals surface area (Å²) in [5, 5.41) is 11.1. The normalized spacial score (nSPS) is 19.0. The minimum Gasteiger partial charge on any atom is -0.481 e. The van der Waals surface area contributed by atoms with E-state index in [0.717, 1.165) is 47.7 Å². The highest BCUT2D eigenvalue weighted by Gasteiger charge is 2.39. The van der Waals surface area contributed by atoms with Crippen LogP contribution in [0.15, 0.2) is 41.6 Å². The second kappa shape index (κ2) is 7.39. The number of aliphatic carboxylic acids is 1. The molecule has 3 aromatic rings. The molecule has 0 fully saturated rings. The first-order valence-electron chi connectivity index (χ1n) is 9.77. The van der Waals surface area contributed by atoms with Crippen LogP contribution in [-0.2, 0) is 33.0 Å². The number of fused-ring (bicyclic) bond motifs is 3. The van der Waals surface area contributed by atoms with Crippen molar-refractivity contribution in [3.05, 3.63) is 58.4 Å². The molecule has 0 amide bonds. The van der Waals surface area contributed by atoms with Crippen LogP contribution < -0.4 is 0 Å². The summed E-state index contributed by atoms with van der Waals surface area (Å²) in [5.74, 6) is -0.866. The first kappa shape index (κ1) is 20.9. The van der Waals surface area contributed by atoms with Gasteiger partial charge in [0.1, 0.15) is 0 Å². The van der Waals surface area contributed by atoms with E-state index in [0.29, 0.717) is 17.1 Å². The quantitative estimate of drug-likeness (QED) is 0.634. The van der Waals surface area contributed by atoms with Crippen molar-refractivity contribution >= 4 is 38.3 Å². The summed E-state index contributed by atoms with van der Waals surface area (Å²) >= 11 is 6.03. The van der Waals surface area contributed by atoms with E-state index < -0.39 is 21.2 Å². The molecule has 2 aromatic heterocycles. The average Bonchev–Trinajstić information content (AvgIpc) is 2.97. The molecule has 0 spiro atoms. The fraction of sp³-hybridized carbons (Fsp3) is 0.364. The van der Waals surface area contributed by atoms with E-state index in [9.17, 15) is 18.3 Å². The standard InChI is InChI=1S/C22H23ClN2O4S/c1-22(12-18(26)27)10-3-4-17-16-9-11-24-21(30(2,28)29)19(16)25(20(17)22)13-14-5-7-15(23)8-6-14/h5-9,11H,3-4,10,12-13H2,1-2H3,(H,26,27). The van der Waals surface area contributed by atoms with Crippen LogP contribution in [0.4, 0.5) is 0 Å². The van der Waals surface area contributed by atoms with Crippen LogP contribution in [-0.4, -0.2) is 35.3 Å². The molecule has 30 heavy (non-hydrogen) atoms. The maximum atomic E-state index is 12.6. The van der Waals surface area contributed by atoms with E-state index in [1.807, 2.05) is 29.7 Å². The van der Waals surface area contributed by atoms with Crippen molar-refractivity contribution in [1.82, 2.24) is 9.55 Å². The molecular formula is C22H23ClN2O4S. The maximum absolute atomic E-state index is 12.6. The average molecular weight is 447 g/mol. The summed E-state index contributed by atoms with van der Waals surface area (Å²) in [6, 6.07) is 9.22. The SMILES string of the molecule is CC1(CC(=O)O)CCCc2c1n(Cc1ccc(Cl)cc1)c1c(S(C)(=O)=O)nccc21. The number of halogens is 1. The number of hydrogen-bond acceptors (Lipinski definition) is 4. The number of sulfone groups is 1. The molecule has 0 aliphatic heterocycles. The third kappa shape index (κ3) is 3.61. The molecule has 1 aliphatic carbocycles. The molecule has 0 saturated heterocycles. The minimum atomic E-state index is -3.58. The van der Waals surface area contributed by atoms with Crippen molar-refractivity contribution in [3.63, 3.8) is 0 Å². The van der Waals surface area contributed by atoms with Crippen molar-refractivity contribution < 1.29 is 18.3 Å². The van der Waals surface area contributed by atoms with Gasteiger partial charge < -0.3 is 9.67 Å². The number of nitrogens with zero attached hydrogens (tertiary/aromatic N) is 2. The Morgan fingerprint density at radius 3 is 2.60 bits per heavy atom. The summed E-state index contributed by atoms with van der Waals surface area (Å²) in [5.41, 5.74) is 2.84. The number of benzene rings is 1. The van der Waals surface area contributed by atoms with Crippen molar-refractivity contribution in [3.8, 4) is 0 Å². The highest BCUT2D eigenvalue weighted by molar-refractivity contribution is 7.90. The zero-order valence-corrected chi connectivity index (χ0v) is 18.4. The number of hydrogen-bond donors (Lipinski definition) is 1. The van der Waals surface area contributed by atoms with Crippen LogP contribution >= 0.6 is 11.6 Å². The van der Waals surface area contributed by atoms with Crippen LogP contribution in [0, 0.1) is 0 Å². The van der Waals surface area contributed by atoms with Crippen LogP contribution in [0.3, 0.4) is 0 Å². The van der Waals surface area contributed by atoms with Gasteiger partial charge in [-0.25, -0.2) is 13.4 Å². The fourth-order valence-corrected chi connectivity index (χ4v) is 5.72. The summed E-state index contributed by atoms with van der Waals surface area (Å²) < 4.78 is 27.1. The first-order chi connectivity index (χ1) is 14.1. The van der Waals surface area contributed by atoms with Gasteiger partial charge in [-0.05, 0) is 48.6 Å². The predicted octanol–water partition coefficient (Wildman–Crippen LogP) is 4.21. The Morgan fingerprint density at radius 2 is 1.97 bits per heavy atom. The molecule has 1 aliphatic rings. The Balaban J connectivity index is 2.06. The number of pyridine rings is 1. The molecule has 1 aromatic carbocycles. The molecule has 1 atom stereocenters. The monoisotopic (exact) mass is 446 g/mol. The molecule has 0 bridgehead atoms. The summed E-state index contributed by atoms with van der Waals surface area (Å²) in [6.07, 6.45) is 5.03. The first-order valence-corrected chi connectivity index (χ1v) is 12.0. The van der Waals surface area contributed by atoms with Crippen LogP contribution in [0.1, 0.15) is 43.0 Å². The zero-order valence-electron chi connectivity index (χ0n) is 16.9. The molecule has 158 valence electrons. The second-order valence-corrected chi connectivity index (χ2v) is 10.7. The van der Waals surface area contributed by atoms with Gasteiger partial charge in [-0.1, -0.05) is 30.7 Å². The van der Waals surface area contributed by atoms with Crippen molar-refractivity contribution in [2.75, 3.05) is 6.26 Å². The number of carboxylic acid groups (broad SMARTS) is 1. The lowest BCUT2D eigenvalue weighted by Gasteiger charge is -2.35. The number of rotatable bonds is 5. The predicted molar refractivity (Wildman–Crippen MR) is 116 cm³/mol. The van der Waals surface area contributed by atoms with E-state index in [1.165, 1.54) is 6.20 Å². The lowest BCUT2D eigenvalue weighted by atomic mass is 9.72. The molecule has 8 heteroatoms. The van der Waals surface area contributed by atoms with Gasteiger partial charge in [0.15, 0.2) is 14.9 Å². The van der Waals surface area contributed by atoms with Gasteiger partial charge in [0, 0.05) is 40.5 Å². The molecular weight excluding hydrogens is 424 g/mol. The van der Waals surface area contributed by atoms with E-state index in [2.05, 4.69) is 4.98 Å². The van der Waals surface area contributed by atoms with Crippen LogP contribution in [0.2, 0.25) is 5.02 Å². The summed E-state index contributed by atoms with van der Waals surface area (Å²) in [7, 11) is -3.58. The third-order valence-corrected chi connectivity index (χ3v) is 7.17. The Kier molecular flexibility index (Phi) is 5.14.